The van der Waals surface area contributed by atoms with Gasteiger partial charge in [0, 0.05) is 5.56 Å². The number of rotatable bonds is 3. The molecule has 5 nitrogen and oxygen atoms in total. The molecule has 1 aliphatic heterocycles. The number of aliphatic hydroxyl groups is 1. The molecule has 0 spiro atoms. The maximum atomic E-state index is 11.5. The molecule has 1 aliphatic rings. The molecule has 0 aromatic heterocycles. The van der Waals surface area contributed by atoms with E-state index in [4.69, 9.17) is 4.74 Å². The van der Waals surface area contributed by atoms with Crippen molar-refractivity contribution in [2.75, 3.05) is 6.61 Å². The summed E-state index contributed by atoms with van der Waals surface area (Å²) in [5, 5.41) is 13.5. The zero-order chi connectivity index (χ0) is 13.9. The molecule has 1 amide bonds. The molecule has 102 valence electrons. The summed E-state index contributed by atoms with van der Waals surface area (Å²) in [6.45, 7) is 3.81. The van der Waals surface area contributed by atoms with Gasteiger partial charge in [-0.15, -0.1) is 0 Å². The van der Waals surface area contributed by atoms with Gasteiger partial charge in [-0.2, -0.15) is 0 Å². The highest BCUT2D eigenvalue weighted by atomic mass is 32.2. The summed E-state index contributed by atoms with van der Waals surface area (Å²) in [5.74, 6) is 0. The Morgan fingerprint density at radius 1 is 1.53 bits per heavy atom. The normalized spacial score (nSPS) is 25.8. The standard InChI is InChI=1S/C13H16N2O3S/c1-3-18-12(16)14-11-13(17,15-9(2)19-11)10-7-5-4-6-8-10/h4-8,11,17H,3H2,1-2H3,(H,14,16)/t11-,13-/m1/s1. The summed E-state index contributed by atoms with van der Waals surface area (Å²) in [6, 6.07) is 9.06. The van der Waals surface area contributed by atoms with Crippen molar-refractivity contribution in [3.63, 3.8) is 0 Å². The Morgan fingerprint density at radius 2 is 2.21 bits per heavy atom. The van der Waals surface area contributed by atoms with Crippen molar-refractivity contribution >= 4 is 22.9 Å². The van der Waals surface area contributed by atoms with Gasteiger partial charge in [-0.1, -0.05) is 42.1 Å². The minimum Gasteiger partial charge on any atom is -0.450 e. The topological polar surface area (TPSA) is 70.9 Å². The van der Waals surface area contributed by atoms with Crippen LogP contribution in [0.4, 0.5) is 4.79 Å². The number of benzene rings is 1. The summed E-state index contributed by atoms with van der Waals surface area (Å²) in [7, 11) is 0. The molecule has 2 rings (SSSR count). The van der Waals surface area contributed by atoms with E-state index in [2.05, 4.69) is 10.3 Å². The van der Waals surface area contributed by atoms with Crippen LogP contribution in [0.1, 0.15) is 19.4 Å². The van der Waals surface area contributed by atoms with Crippen LogP contribution in [-0.2, 0) is 10.5 Å². The van der Waals surface area contributed by atoms with E-state index in [9.17, 15) is 9.90 Å². The Kier molecular flexibility index (Phi) is 4.11. The predicted octanol–water partition coefficient (Wildman–Crippen LogP) is 2.07. The second-order valence-corrected chi connectivity index (χ2v) is 5.38. The lowest BCUT2D eigenvalue weighted by molar-refractivity contribution is 0.0361. The molecule has 0 saturated carbocycles. The van der Waals surface area contributed by atoms with Gasteiger partial charge in [-0.25, -0.2) is 9.79 Å². The van der Waals surface area contributed by atoms with Gasteiger partial charge in [0.05, 0.1) is 11.7 Å². The summed E-state index contributed by atoms with van der Waals surface area (Å²) in [6.07, 6.45) is -0.556. The van der Waals surface area contributed by atoms with Crippen molar-refractivity contribution < 1.29 is 14.6 Å². The van der Waals surface area contributed by atoms with Crippen LogP contribution in [0.5, 0.6) is 0 Å². The van der Waals surface area contributed by atoms with Crippen LogP contribution in [0.15, 0.2) is 35.3 Å². The molecule has 1 aromatic carbocycles. The molecule has 2 N–H and O–H groups in total. The summed E-state index contributed by atoms with van der Waals surface area (Å²) >= 11 is 1.31. The van der Waals surface area contributed by atoms with E-state index in [1.54, 1.807) is 26.0 Å². The molecule has 0 fully saturated rings. The lowest BCUT2D eigenvalue weighted by Gasteiger charge is -2.27. The summed E-state index contributed by atoms with van der Waals surface area (Å²) in [4.78, 5) is 15.8. The van der Waals surface area contributed by atoms with E-state index >= 15 is 0 Å². The number of thioether (sulfide) groups is 1. The van der Waals surface area contributed by atoms with Gasteiger partial charge in [-0.05, 0) is 13.8 Å². The first-order chi connectivity index (χ1) is 9.06. The molecule has 0 bridgehead atoms. The molecule has 19 heavy (non-hydrogen) atoms. The molecule has 6 heteroatoms. The Hall–Kier alpha value is -1.53. The molecular weight excluding hydrogens is 264 g/mol. The SMILES string of the molecule is CCOC(=O)N[C@@H]1SC(C)=N[C@@]1(O)c1ccccc1. The lowest BCUT2D eigenvalue weighted by Crippen LogP contribution is -2.45. The molecule has 2 atom stereocenters. The number of hydrogen-bond donors (Lipinski definition) is 2. The zero-order valence-corrected chi connectivity index (χ0v) is 11.6. The van der Waals surface area contributed by atoms with Crippen LogP contribution in [-0.4, -0.2) is 28.2 Å². The first kappa shape index (κ1) is 13.9. The summed E-state index contributed by atoms with van der Waals surface area (Å²) < 4.78 is 4.84. The fraction of sp³-hybridized carbons (Fsp3) is 0.385. The third-order valence-corrected chi connectivity index (χ3v) is 3.82. The Balaban J connectivity index is 2.23. The average molecular weight is 280 g/mol. The Bertz CT molecular complexity index is 492. The molecule has 0 aliphatic carbocycles. The molecule has 1 aromatic rings. The Labute approximate surface area is 116 Å². The number of amides is 1. The van der Waals surface area contributed by atoms with Crippen molar-refractivity contribution in [3.05, 3.63) is 35.9 Å². The number of nitrogens with zero attached hydrogens (tertiary/aromatic N) is 1. The monoisotopic (exact) mass is 280 g/mol. The second-order valence-electron chi connectivity index (χ2n) is 4.09. The molecule has 0 unspecified atom stereocenters. The highest BCUT2D eigenvalue weighted by Gasteiger charge is 2.45. The van der Waals surface area contributed by atoms with E-state index in [-0.39, 0.29) is 6.61 Å². The minimum atomic E-state index is -1.46. The number of nitrogens with one attached hydrogen (secondary N) is 1. The lowest BCUT2D eigenvalue weighted by atomic mass is 10.0. The van der Waals surface area contributed by atoms with Gasteiger partial charge in [0.2, 0.25) is 5.72 Å². The first-order valence-corrected chi connectivity index (χ1v) is 6.88. The molecular formula is C13H16N2O3S. The van der Waals surface area contributed by atoms with Crippen LogP contribution < -0.4 is 5.32 Å². The third-order valence-electron chi connectivity index (χ3n) is 2.70. The minimum absolute atomic E-state index is 0.285. The molecule has 0 saturated heterocycles. The van der Waals surface area contributed by atoms with Crippen molar-refractivity contribution in [2.24, 2.45) is 4.99 Å². The third kappa shape index (κ3) is 2.90. The maximum Gasteiger partial charge on any atom is 0.408 e. The van der Waals surface area contributed by atoms with E-state index in [0.29, 0.717) is 10.6 Å². The number of hydrogen-bond acceptors (Lipinski definition) is 5. The van der Waals surface area contributed by atoms with Crippen LogP contribution in [0.25, 0.3) is 0 Å². The second kappa shape index (κ2) is 5.63. The Morgan fingerprint density at radius 3 is 2.84 bits per heavy atom. The van der Waals surface area contributed by atoms with Gasteiger partial charge in [0.25, 0.3) is 0 Å². The van der Waals surface area contributed by atoms with Crippen molar-refractivity contribution in [2.45, 2.75) is 24.9 Å². The first-order valence-electron chi connectivity index (χ1n) is 6.00. The average Bonchev–Trinajstić information content (AvgIpc) is 2.67. The van der Waals surface area contributed by atoms with Crippen LogP contribution >= 0.6 is 11.8 Å². The van der Waals surface area contributed by atoms with E-state index in [1.807, 2.05) is 18.2 Å². The van der Waals surface area contributed by atoms with Gasteiger partial charge in [-0.3, -0.25) is 0 Å². The fourth-order valence-electron chi connectivity index (χ4n) is 1.89. The van der Waals surface area contributed by atoms with Gasteiger partial charge in [0.1, 0.15) is 5.37 Å². The molecule has 0 radical (unpaired) electrons. The van der Waals surface area contributed by atoms with E-state index in [0.717, 1.165) is 0 Å². The van der Waals surface area contributed by atoms with Gasteiger partial charge < -0.3 is 15.2 Å². The molecule has 1 heterocycles. The van der Waals surface area contributed by atoms with Gasteiger partial charge in [0.15, 0.2) is 0 Å². The largest absolute Gasteiger partial charge is 0.450 e. The van der Waals surface area contributed by atoms with Crippen LogP contribution in [0.2, 0.25) is 0 Å². The number of aliphatic imine (C=N–C) groups is 1. The quantitative estimate of drug-likeness (QED) is 0.889. The van der Waals surface area contributed by atoms with Crippen molar-refractivity contribution in [1.29, 1.82) is 0 Å². The number of carbonyl (C=O) groups is 1. The summed E-state index contributed by atoms with van der Waals surface area (Å²) in [5.41, 5.74) is -0.816. The van der Waals surface area contributed by atoms with Crippen molar-refractivity contribution in [3.8, 4) is 0 Å². The van der Waals surface area contributed by atoms with Crippen LogP contribution in [0.3, 0.4) is 0 Å². The number of ether oxygens (including phenoxy) is 1. The number of carbonyl (C=O) groups excluding carboxylic acids is 1. The van der Waals surface area contributed by atoms with E-state index in [1.165, 1.54) is 11.8 Å². The number of alkyl carbamates (subject to hydrolysis) is 1. The highest BCUT2D eigenvalue weighted by molar-refractivity contribution is 8.14. The van der Waals surface area contributed by atoms with Crippen molar-refractivity contribution in [1.82, 2.24) is 5.32 Å². The van der Waals surface area contributed by atoms with Crippen LogP contribution in [0, 0.1) is 0 Å². The zero-order valence-electron chi connectivity index (χ0n) is 10.8. The predicted molar refractivity (Wildman–Crippen MR) is 75.0 cm³/mol. The van der Waals surface area contributed by atoms with Gasteiger partial charge >= 0.3 is 6.09 Å². The maximum absolute atomic E-state index is 11.5. The smallest absolute Gasteiger partial charge is 0.408 e. The van der Waals surface area contributed by atoms with E-state index < -0.39 is 17.2 Å². The fourth-order valence-corrected chi connectivity index (χ4v) is 2.93. The highest BCUT2D eigenvalue weighted by Crippen LogP contribution is 2.39.